The van der Waals surface area contributed by atoms with Crippen molar-refractivity contribution in [1.29, 1.82) is 0 Å². The van der Waals surface area contributed by atoms with Crippen LogP contribution in [0.5, 0.6) is 0 Å². The van der Waals surface area contributed by atoms with Crippen LogP contribution in [0.15, 0.2) is 12.7 Å². The highest BCUT2D eigenvalue weighted by Crippen LogP contribution is 2.16. The minimum absolute atomic E-state index is 0.205. The predicted octanol–water partition coefficient (Wildman–Crippen LogP) is 2.09. The third-order valence-electron chi connectivity index (χ3n) is 2.41. The van der Waals surface area contributed by atoms with Gasteiger partial charge in [-0.25, -0.2) is 8.93 Å². The molecule has 100 valence electrons. The summed E-state index contributed by atoms with van der Waals surface area (Å²) < 4.78 is 14.1. The van der Waals surface area contributed by atoms with Gasteiger partial charge in [0, 0.05) is 5.92 Å². The van der Waals surface area contributed by atoms with Gasteiger partial charge in [0.2, 0.25) is 0 Å². The lowest BCUT2D eigenvalue weighted by Gasteiger charge is -2.25. The molecule has 0 bridgehead atoms. The van der Waals surface area contributed by atoms with Crippen molar-refractivity contribution in [1.82, 2.24) is 4.72 Å². The Morgan fingerprint density at radius 1 is 1.53 bits per heavy atom. The van der Waals surface area contributed by atoms with E-state index < -0.39 is 27.7 Å². The topological polar surface area (TPSA) is 66.4 Å². The predicted molar refractivity (Wildman–Crippen MR) is 71.0 cm³/mol. The Morgan fingerprint density at radius 2 is 2.06 bits per heavy atom. The standard InChI is InChI=1S/C12H23NO3S/c1-6-8-9(7-2)10(11(14)15)13-17(16)12(3,4)5/h7,9-10,13H,2,6,8H2,1,3-5H3,(H,14,15)/t9-,10-,17?/m0/s1. The first-order chi connectivity index (χ1) is 7.73. The largest absolute Gasteiger partial charge is 0.480 e. The maximum absolute atomic E-state index is 11.9. The highest BCUT2D eigenvalue weighted by molar-refractivity contribution is 7.84. The average Bonchev–Trinajstić information content (AvgIpc) is 2.20. The Labute approximate surface area is 106 Å². The molecule has 0 aliphatic carbocycles. The van der Waals surface area contributed by atoms with E-state index in [-0.39, 0.29) is 5.92 Å². The van der Waals surface area contributed by atoms with Crippen LogP contribution in [0.25, 0.3) is 0 Å². The first kappa shape index (κ1) is 16.3. The number of rotatable bonds is 7. The van der Waals surface area contributed by atoms with Gasteiger partial charge in [-0.3, -0.25) is 4.79 Å². The fourth-order valence-electron chi connectivity index (χ4n) is 1.37. The fraction of sp³-hybridized carbons (Fsp3) is 0.750. The zero-order chi connectivity index (χ0) is 13.6. The summed E-state index contributed by atoms with van der Waals surface area (Å²) in [5.41, 5.74) is 0. The first-order valence-corrected chi connectivity index (χ1v) is 6.92. The SMILES string of the molecule is C=C[C@@H](CCC)[C@H](NS(=O)C(C)(C)C)C(=O)O. The average molecular weight is 261 g/mol. The van der Waals surface area contributed by atoms with E-state index in [1.54, 1.807) is 26.8 Å². The molecule has 0 aromatic carbocycles. The maximum Gasteiger partial charge on any atom is 0.322 e. The van der Waals surface area contributed by atoms with Crippen LogP contribution < -0.4 is 4.72 Å². The van der Waals surface area contributed by atoms with Crippen molar-refractivity contribution < 1.29 is 14.1 Å². The van der Waals surface area contributed by atoms with E-state index in [9.17, 15) is 14.1 Å². The number of carboxylic acid groups (broad SMARTS) is 1. The van der Waals surface area contributed by atoms with Gasteiger partial charge in [0.05, 0.1) is 15.7 Å². The summed E-state index contributed by atoms with van der Waals surface area (Å²) in [6, 6.07) is -0.840. The highest BCUT2D eigenvalue weighted by Gasteiger charge is 2.30. The molecule has 17 heavy (non-hydrogen) atoms. The molecule has 1 unspecified atom stereocenters. The molecule has 0 heterocycles. The molecule has 3 atom stereocenters. The second kappa shape index (κ2) is 6.91. The Balaban J connectivity index is 4.81. The monoisotopic (exact) mass is 261 g/mol. The quantitative estimate of drug-likeness (QED) is 0.690. The second-order valence-electron chi connectivity index (χ2n) is 5.00. The van der Waals surface area contributed by atoms with E-state index in [2.05, 4.69) is 11.3 Å². The van der Waals surface area contributed by atoms with Crippen LogP contribution in [-0.4, -0.2) is 26.1 Å². The van der Waals surface area contributed by atoms with Crippen molar-refractivity contribution in [2.75, 3.05) is 0 Å². The lowest BCUT2D eigenvalue weighted by molar-refractivity contribution is -0.139. The summed E-state index contributed by atoms with van der Waals surface area (Å²) in [7, 11) is -1.39. The van der Waals surface area contributed by atoms with Crippen molar-refractivity contribution >= 4 is 17.0 Å². The minimum Gasteiger partial charge on any atom is -0.480 e. The van der Waals surface area contributed by atoms with Gasteiger partial charge in [0.15, 0.2) is 0 Å². The summed E-state index contributed by atoms with van der Waals surface area (Å²) >= 11 is 0. The Morgan fingerprint density at radius 3 is 2.35 bits per heavy atom. The molecule has 0 aromatic rings. The van der Waals surface area contributed by atoms with E-state index in [1.807, 2.05) is 6.92 Å². The number of carboxylic acids is 1. The molecule has 0 aliphatic rings. The van der Waals surface area contributed by atoms with Crippen LogP contribution in [-0.2, 0) is 15.8 Å². The van der Waals surface area contributed by atoms with Crippen molar-refractivity contribution in [2.24, 2.45) is 5.92 Å². The second-order valence-corrected chi connectivity index (χ2v) is 7.00. The van der Waals surface area contributed by atoms with Gasteiger partial charge in [0.25, 0.3) is 0 Å². The third kappa shape index (κ3) is 5.46. The molecule has 0 radical (unpaired) electrons. The van der Waals surface area contributed by atoms with Crippen LogP contribution in [0.2, 0.25) is 0 Å². The normalized spacial score (nSPS) is 17.2. The van der Waals surface area contributed by atoms with E-state index in [0.717, 1.165) is 12.8 Å². The van der Waals surface area contributed by atoms with Crippen LogP contribution in [0.3, 0.4) is 0 Å². The van der Waals surface area contributed by atoms with Gasteiger partial charge in [0.1, 0.15) is 6.04 Å². The molecule has 0 rings (SSSR count). The van der Waals surface area contributed by atoms with E-state index in [4.69, 9.17) is 0 Å². The van der Waals surface area contributed by atoms with Crippen molar-refractivity contribution in [3.63, 3.8) is 0 Å². The molecule has 0 fully saturated rings. The zero-order valence-electron chi connectivity index (χ0n) is 11.0. The number of hydrogen-bond acceptors (Lipinski definition) is 2. The minimum atomic E-state index is -1.39. The molecule has 0 amide bonds. The molecular formula is C12H23NO3S. The molecule has 4 nitrogen and oxygen atoms in total. The Kier molecular flexibility index (Phi) is 6.64. The number of aliphatic carboxylic acids is 1. The zero-order valence-corrected chi connectivity index (χ0v) is 11.8. The third-order valence-corrected chi connectivity index (χ3v) is 3.99. The van der Waals surface area contributed by atoms with E-state index in [0.29, 0.717) is 0 Å². The molecule has 0 spiro atoms. The van der Waals surface area contributed by atoms with Crippen LogP contribution in [0.4, 0.5) is 0 Å². The van der Waals surface area contributed by atoms with Gasteiger partial charge < -0.3 is 5.11 Å². The molecule has 0 aromatic heterocycles. The molecule has 2 N–H and O–H groups in total. The summed E-state index contributed by atoms with van der Waals surface area (Å²) in [5, 5.41) is 9.17. The summed E-state index contributed by atoms with van der Waals surface area (Å²) in [4.78, 5) is 11.2. The molecule has 5 heteroatoms. The van der Waals surface area contributed by atoms with Crippen molar-refractivity contribution in [2.45, 2.75) is 51.3 Å². The Bertz CT molecular complexity index is 297. The fourth-order valence-corrected chi connectivity index (χ4v) is 2.23. The number of nitrogens with one attached hydrogen (secondary N) is 1. The maximum atomic E-state index is 11.9. The van der Waals surface area contributed by atoms with E-state index in [1.165, 1.54) is 0 Å². The van der Waals surface area contributed by atoms with Crippen LogP contribution >= 0.6 is 0 Å². The van der Waals surface area contributed by atoms with Crippen molar-refractivity contribution in [3.05, 3.63) is 12.7 Å². The van der Waals surface area contributed by atoms with Gasteiger partial charge in [-0.15, -0.1) is 6.58 Å². The Hall–Kier alpha value is -0.680. The lowest BCUT2D eigenvalue weighted by atomic mass is 9.96. The van der Waals surface area contributed by atoms with Crippen LogP contribution in [0.1, 0.15) is 40.5 Å². The van der Waals surface area contributed by atoms with Gasteiger partial charge in [-0.1, -0.05) is 19.4 Å². The van der Waals surface area contributed by atoms with E-state index >= 15 is 0 Å². The smallest absolute Gasteiger partial charge is 0.322 e. The molecular weight excluding hydrogens is 238 g/mol. The molecule has 0 saturated heterocycles. The van der Waals surface area contributed by atoms with Crippen molar-refractivity contribution in [3.8, 4) is 0 Å². The van der Waals surface area contributed by atoms with Gasteiger partial charge >= 0.3 is 5.97 Å². The highest BCUT2D eigenvalue weighted by atomic mass is 32.2. The van der Waals surface area contributed by atoms with Gasteiger partial charge in [-0.05, 0) is 27.2 Å². The summed E-state index contributed by atoms with van der Waals surface area (Å²) in [5.74, 6) is -1.19. The summed E-state index contributed by atoms with van der Waals surface area (Å²) in [6.07, 6.45) is 3.20. The van der Waals surface area contributed by atoms with Crippen LogP contribution in [0, 0.1) is 5.92 Å². The first-order valence-electron chi connectivity index (χ1n) is 5.77. The van der Waals surface area contributed by atoms with Gasteiger partial charge in [-0.2, -0.15) is 0 Å². The summed E-state index contributed by atoms with van der Waals surface area (Å²) in [6.45, 7) is 11.0. The number of carbonyl (C=O) groups is 1. The molecule has 0 aliphatic heterocycles. The molecule has 0 saturated carbocycles. The number of hydrogen-bond donors (Lipinski definition) is 2. The lowest BCUT2D eigenvalue weighted by Crippen LogP contribution is -2.47.